The predicted molar refractivity (Wildman–Crippen MR) is 96.3 cm³/mol. The Balaban J connectivity index is 0.00000208. The molecule has 0 saturated carbocycles. The molecule has 2 N–H and O–H groups in total. The van der Waals surface area contributed by atoms with Gasteiger partial charge < -0.3 is 15.2 Å². The zero-order valence-electron chi connectivity index (χ0n) is 13.7. The van der Waals surface area contributed by atoms with E-state index >= 15 is 0 Å². The van der Waals surface area contributed by atoms with E-state index in [0.717, 1.165) is 25.9 Å². The maximum atomic E-state index is 12.6. The lowest BCUT2D eigenvalue weighted by atomic mass is 9.98. The normalized spacial score (nSPS) is 17.3. The quantitative estimate of drug-likeness (QED) is 0.879. The molecule has 1 unspecified atom stereocenters. The highest BCUT2D eigenvalue weighted by Gasteiger charge is 2.25. The summed E-state index contributed by atoms with van der Waals surface area (Å²) in [5.74, 6) is 0.694. The van der Waals surface area contributed by atoms with Crippen LogP contribution in [0.1, 0.15) is 25.6 Å². The number of amides is 1. The summed E-state index contributed by atoms with van der Waals surface area (Å²) in [5.41, 5.74) is 0.502. The molecule has 1 aromatic heterocycles. The fourth-order valence-electron chi connectivity index (χ4n) is 3.06. The van der Waals surface area contributed by atoms with Gasteiger partial charge in [-0.2, -0.15) is 0 Å². The van der Waals surface area contributed by atoms with Crippen LogP contribution in [0.3, 0.4) is 0 Å². The van der Waals surface area contributed by atoms with Crippen LogP contribution >= 0.6 is 12.4 Å². The number of carbonyl (C=O) groups excluding carboxylic acids is 1. The van der Waals surface area contributed by atoms with Crippen LogP contribution in [0.25, 0.3) is 10.9 Å². The first-order valence-corrected chi connectivity index (χ1v) is 8.16. The molecular formula is C17H23ClN4O2. The van der Waals surface area contributed by atoms with Crippen molar-refractivity contribution in [1.82, 2.24) is 20.2 Å². The summed E-state index contributed by atoms with van der Waals surface area (Å²) in [6.07, 6.45) is 1.95. The number of aromatic amines is 1. The number of hydrogen-bond acceptors (Lipinski definition) is 4. The average Bonchev–Trinajstić information content (AvgIpc) is 2.60. The van der Waals surface area contributed by atoms with Crippen molar-refractivity contribution in [2.45, 2.75) is 26.3 Å². The van der Waals surface area contributed by atoms with Crippen LogP contribution < -0.4 is 10.9 Å². The molecular weight excluding hydrogens is 328 g/mol. The molecule has 2 heterocycles. The number of rotatable bonds is 4. The van der Waals surface area contributed by atoms with E-state index in [9.17, 15) is 9.59 Å². The molecule has 1 aliphatic heterocycles. The smallest absolute Gasteiger partial charge is 0.258 e. The first kappa shape index (κ1) is 18.4. The van der Waals surface area contributed by atoms with Gasteiger partial charge in [0.05, 0.1) is 23.4 Å². The average molecular weight is 351 g/mol. The van der Waals surface area contributed by atoms with Crippen LogP contribution in [0.15, 0.2) is 29.1 Å². The monoisotopic (exact) mass is 350 g/mol. The minimum Gasteiger partial charge on any atom is -0.335 e. The highest BCUT2D eigenvalue weighted by molar-refractivity contribution is 5.85. The van der Waals surface area contributed by atoms with Crippen molar-refractivity contribution in [2.75, 3.05) is 19.6 Å². The number of aromatic nitrogens is 2. The number of halogens is 1. The summed E-state index contributed by atoms with van der Waals surface area (Å²) >= 11 is 0. The molecule has 0 spiro atoms. The molecule has 0 bridgehead atoms. The highest BCUT2D eigenvalue weighted by atomic mass is 35.5. The Morgan fingerprint density at radius 2 is 2.17 bits per heavy atom. The molecule has 1 saturated heterocycles. The van der Waals surface area contributed by atoms with E-state index in [1.807, 2.05) is 25.1 Å². The lowest BCUT2D eigenvalue weighted by molar-refractivity contribution is -0.136. The summed E-state index contributed by atoms with van der Waals surface area (Å²) in [6.45, 7) is 4.61. The summed E-state index contributed by atoms with van der Waals surface area (Å²) < 4.78 is 0. The molecule has 0 radical (unpaired) electrons. The van der Waals surface area contributed by atoms with Gasteiger partial charge in [-0.15, -0.1) is 12.4 Å². The Kier molecular flexibility index (Phi) is 6.34. The molecule has 1 atom stereocenters. The number of hydrogen-bond donors (Lipinski definition) is 2. The highest BCUT2D eigenvalue weighted by Crippen LogP contribution is 2.15. The van der Waals surface area contributed by atoms with Crippen molar-refractivity contribution < 1.29 is 4.79 Å². The van der Waals surface area contributed by atoms with Crippen molar-refractivity contribution in [3.8, 4) is 0 Å². The van der Waals surface area contributed by atoms with Crippen LogP contribution in [-0.4, -0.2) is 40.4 Å². The number of piperidine rings is 1. The minimum absolute atomic E-state index is 0. The topological polar surface area (TPSA) is 78.1 Å². The fourth-order valence-corrected chi connectivity index (χ4v) is 3.06. The molecule has 130 valence electrons. The van der Waals surface area contributed by atoms with Crippen LogP contribution in [0.2, 0.25) is 0 Å². The van der Waals surface area contributed by atoms with Gasteiger partial charge >= 0.3 is 0 Å². The third kappa shape index (κ3) is 3.94. The SMILES string of the molecule is CCN(Cc1nc2ccccc2c(=O)[nH]1)C(=O)C1CCCNC1.Cl. The van der Waals surface area contributed by atoms with Gasteiger partial charge in [-0.1, -0.05) is 12.1 Å². The maximum absolute atomic E-state index is 12.6. The zero-order valence-corrected chi connectivity index (χ0v) is 14.6. The van der Waals surface area contributed by atoms with Gasteiger partial charge in [-0.05, 0) is 38.4 Å². The number of fused-ring (bicyclic) bond motifs is 1. The standard InChI is InChI=1S/C17H22N4O2.ClH/c1-2-21(17(23)12-6-5-9-18-10-12)11-15-19-14-8-4-3-7-13(14)16(22)20-15;/h3-4,7-8,12,18H,2,5-6,9-11H2,1H3,(H,19,20,22);1H. The largest absolute Gasteiger partial charge is 0.335 e. The molecule has 24 heavy (non-hydrogen) atoms. The molecule has 1 aliphatic rings. The summed E-state index contributed by atoms with van der Waals surface area (Å²) in [4.78, 5) is 33.8. The fraction of sp³-hybridized carbons (Fsp3) is 0.471. The predicted octanol–water partition coefficient (Wildman–Crippen LogP) is 1.69. The summed E-state index contributed by atoms with van der Waals surface area (Å²) in [6, 6.07) is 7.24. The first-order chi connectivity index (χ1) is 11.2. The van der Waals surface area contributed by atoms with Crippen molar-refractivity contribution in [2.24, 2.45) is 5.92 Å². The second kappa shape index (κ2) is 8.26. The second-order valence-electron chi connectivity index (χ2n) is 5.93. The number of nitrogens with one attached hydrogen (secondary N) is 2. The Hall–Kier alpha value is -1.92. The Labute approximate surface area is 147 Å². The van der Waals surface area contributed by atoms with E-state index in [4.69, 9.17) is 0 Å². The van der Waals surface area contributed by atoms with E-state index < -0.39 is 0 Å². The third-order valence-corrected chi connectivity index (χ3v) is 4.34. The number of H-pyrrole nitrogens is 1. The van der Waals surface area contributed by atoms with Gasteiger partial charge in [0, 0.05) is 13.1 Å². The number of carbonyl (C=O) groups is 1. The van der Waals surface area contributed by atoms with Gasteiger partial charge in [0.1, 0.15) is 5.82 Å². The van der Waals surface area contributed by atoms with Gasteiger partial charge in [-0.3, -0.25) is 9.59 Å². The zero-order chi connectivity index (χ0) is 16.2. The number of benzene rings is 1. The molecule has 3 rings (SSSR count). The van der Waals surface area contributed by atoms with Gasteiger partial charge in [-0.25, -0.2) is 4.98 Å². The third-order valence-electron chi connectivity index (χ3n) is 4.34. The Morgan fingerprint density at radius 1 is 1.38 bits per heavy atom. The van der Waals surface area contributed by atoms with Crippen molar-refractivity contribution in [3.63, 3.8) is 0 Å². The molecule has 7 heteroatoms. The van der Waals surface area contributed by atoms with Crippen LogP contribution in [-0.2, 0) is 11.3 Å². The van der Waals surface area contributed by atoms with Crippen LogP contribution in [0.5, 0.6) is 0 Å². The van der Waals surface area contributed by atoms with Gasteiger partial charge in [0.2, 0.25) is 5.91 Å². The molecule has 0 aliphatic carbocycles. The van der Waals surface area contributed by atoms with E-state index in [2.05, 4.69) is 15.3 Å². The number of nitrogens with zero attached hydrogens (tertiary/aromatic N) is 2. The Morgan fingerprint density at radius 3 is 2.88 bits per heavy atom. The lowest BCUT2D eigenvalue weighted by Crippen LogP contribution is -2.43. The molecule has 2 aromatic rings. The second-order valence-corrected chi connectivity index (χ2v) is 5.93. The van der Waals surface area contributed by atoms with Crippen molar-refractivity contribution >= 4 is 29.2 Å². The first-order valence-electron chi connectivity index (χ1n) is 8.16. The van der Waals surface area contributed by atoms with E-state index in [0.29, 0.717) is 29.8 Å². The van der Waals surface area contributed by atoms with Gasteiger partial charge in [0.25, 0.3) is 5.56 Å². The van der Waals surface area contributed by atoms with Crippen molar-refractivity contribution in [3.05, 3.63) is 40.4 Å². The van der Waals surface area contributed by atoms with Gasteiger partial charge in [0.15, 0.2) is 0 Å². The summed E-state index contributed by atoms with van der Waals surface area (Å²) in [7, 11) is 0. The maximum Gasteiger partial charge on any atom is 0.258 e. The number of para-hydroxylation sites is 1. The van der Waals surface area contributed by atoms with Crippen LogP contribution in [0, 0.1) is 5.92 Å². The Bertz CT molecular complexity index is 756. The molecule has 1 amide bonds. The van der Waals surface area contributed by atoms with E-state index in [1.54, 1.807) is 11.0 Å². The van der Waals surface area contributed by atoms with Crippen LogP contribution in [0.4, 0.5) is 0 Å². The van der Waals surface area contributed by atoms with E-state index in [1.165, 1.54) is 0 Å². The van der Waals surface area contributed by atoms with Crippen molar-refractivity contribution in [1.29, 1.82) is 0 Å². The molecule has 6 nitrogen and oxygen atoms in total. The lowest BCUT2D eigenvalue weighted by Gasteiger charge is -2.28. The molecule has 1 aromatic carbocycles. The molecule has 1 fully saturated rings. The summed E-state index contributed by atoms with van der Waals surface area (Å²) in [5, 5.41) is 3.84. The van der Waals surface area contributed by atoms with E-state index in [-0.39, 0.29) is 29.8 Å². The minimum atomic E-state index is -0.159.